The van der Waals surface area contributed by atoms with Crippen molar-refractivity contribution in [2.75, 3.05) is 18.0 Å². The van der Waals surface area contributed by atoms with E-state index in [1.165, 1.54) is 12.1 Å². The average Bonchev–Trinajstić information content (AvgIpc) is 2.35. The van der Waals surface area contributed by atoms with Crippen molar-refractivity contribution in [1.82, 2.24) is 0 Å². The van der Waals surface area contributed by atoms with Gasteiger partial charge in [-0.05, 0) is 30.5 Å². The molecule has 1 aromatic carbocycles. The molecule has 0 aliphatic rings. The lowest BCUT2D eigenvalue weighted by atomic mass is 10.1. The van der Waals surface area contributed by atoms with Gasteiger partial charge in [-0.2, -0.15) is 0 Å². The van der Waals surface area contributed by atoms with Crippen LogP contribution in [0, 0.1) is 5.92 Å². The number of hydrogen-bond acceptors (Lipinski definition) is 2. The Morgan fingerprint density at radius 1 is 1.35 bits per heavy atom. The molecule has 0 heterocycles. The Balaban J connectivity index is 2.85. The molecule has 0 saturated carbocycles. The van der Waals surface area contributed by atoms with Gasteiger partial charge in [0.15, 0.2) is 0 Å². The minimum Gasteiger partial charge on any atom is -0.372 e. The summed E-state index contributed by atoms with van der Waals surface area (Å²) in [5.41, 5.74) is 8.10. The quantitative estimate of drug-likeness (QED) is 0.866. The van der Waals surface area contributed by atoms with Crippen molar-refractivity contribution in [3.8, 4) is 0 Å². The second kappa shape index (κ2) is 7.02. The molecular weight excluding hydrogens is 276 g/mol. The molecule has 0 bridgehead atoms. The van der Waals surface area contributed by atoms with Gasteiger partial charge in [0.2, 0.25) is 0 Å². The number of halogens is 1. The highest BCUT2D eigenvalue weighted by molar-refractivity contribution is 9.10. The number of nitrogens with two attached hydrogens (primary N) is 1. The van der Waals surface area contributed by atoms with Gasteiger partial charge in [0.05, 0.1) is 0 Å². The van der Waals surface area contributed by atoms with E-state index in [-0.39, 0.29) is 0 Å². The van der Waals surface area contributed by atoms with Crippen molar-refractivity contribution >= 4 is 21.6 Å². The lowest BCUT2D eigenvalue weighted by molar-refractivity contribution is 0.548. The summed E-state index contributed by atoms with van der Waals surface area (Å²) in [6, 6.07) is 6.45. The van der Waals surface area contributed by atoms with E-state index in [0.29, 0.717) is 6.54 Å². The highest BCUT2D eigenvalue weighted by atomic mass is 79.9. The molecule has 0 fully saturated rings. The number of hydrogen-bond donors (Lipinski definition) is 1. The standard InChI is InChI=1S/C14H23BrN2/c1-4-11(3)10-17(5-2)13-7-6-12(9-16)14(15)8-13/h6-8,11H,4-5,9-10,16H2,1-3H3. The van der Waals surface area contributed by atoms with E-state index in [9.17, 15) is 0 Å². The van der Waals surface area contributed by atoms with E-state index in [2.05, 4.69) is 59.8 Å². The van der Waals surface area contributed by atoms with E-state index in [1.807, 2.05) is 0 Å². The van der Waals surface area contributed by atoms with Crippen LogP contribution < -0.4 is 10.6 Å². The number of benzene rings is 1. The molecule has 1 rings (SSSR count). The van der Waals surface area contributed by atoms with E-state index < -0.39 is 0 Å². The zero-order valence-corrected chi connectivity index (χ0v) is 12.6. The van der Waals surface area contributed by atoms with E-state index in [0.717, 1.165) is 29.0 Å². The molecule has 0 amide bonds. The highest BCUT2D eigenvalue weighted by Gasteiger charge is 2.09. The molecule has 0 spiro atoms. The average molecular weight is 299 g/mol. The van der Waals surface area contributed by atoms with Gasteiger partial charge < -0.3 is 10.6 Å². The maximum atomic E-state index is 5.67. The molecule has 0 aromatic heterocycles. The van der Waals surface area contributed by atoms with Crippen LogP contribution in [0.5, 0.6) is 0 Å². The SMILES string of the molecule is CCC(C)CN(CC)c1ccc(CN)c(Br)c1. The third-order valence-electron chi connectivity index (χ3n) is 3.23. The Labute approximate surface area is 113 Å². The van der Waals surface area contributed by atoms with Gasteiger partial charge in [-0.15, -0.1) is 0 Å². The molecule has 0 radical (unpaired) electrons. The van der Waals surface area contributed by atoms with Gasteiger partial charge in [-0.3, -0.25) is 0 Å². The molecule has 96 valence electrons. The summed E-state index contributed by atoms with van der Waals surface area (Å²) in [5, 5.41) is 0. The summed E-state index contributed by atoms with van der Waals surface area (Å²) in [6.07, 6.45) is 1.22. The summed E-state index contributed by atoms with van der Waals surface area (Å²) < 4.78 is 1.11. The third-order valence-corrected chi connectivity index (χ3v) is 3.97. The molecule has 0 saturated heterocycles. The van der Waals surface area contributed by atoms with Gasteiger partial charge in [0.1, 0.15) is 0 Å². The first kappa shape index (κ1) is 14.5. The zero-order valence-electron chi connectivity index (χ0n) is 11.0. The van der Waals surface area contributed by atoms with Crippen LogP contribution in [0.15, 0.2) is 22.7 Å². The van der Waals surface area contributed by atoms with Gasteiger partial charge >= 0.3 is 0 Å². The van der Waals surface area contributed by atoms with E-state index in [4.69, 9.17) is 5.73 Å². The lowest BCUT2D eigenvalue weighted by Crippen LogP contribution is -2.28. The molecule has 2 nitrogen and oxygen atoms in total. The summed E-state index contributed by atoms with van der Waals surface area (Å²) >= 11 is 3.58. The Hall–Kier alpha value is -0.540. The largest absolute Gasteiger partial charge is 0.372 e. The monoisotopic (exact) mass is 298 g/mol. The second-order valence-corrected chi connectivity index (χ2v) is 5.39. The lowest BCUT2D eigenvalue weighted by Gasteiger charge is -2.26. The van der Waals surface area contributed by atoms with Crippen LogP contribution in [0.1, 0.15) is 32.8 Å². The molecule has 0 aliphatic heterocycles. The molecule has 1 unspecified atom stereocenters. The molecule has 1 atom stereocenters. The summed E-state index contributed by atoms with van der Waals surface area (Å²) in [7, 11) is 0. The van der Waals surface area contributed by atoms with Crippen molar-refractivity contribution in [3.63, 3.8) is 0 Å². The van der Waals surface area contributed by atoms with Crippen LogP contribution in [0.25, 0.3) is 0 Å². The number of rotatable bonds is 6. The molecule has 3 heteroatoms. The van der Waals surface area contributed by atoms with Gasteiger partial charge in [-0.1, -0.05) is 42.3 Å². The molecule has 2 N–H and O–H groups in total. The van der Waals surface area contributed by atoms with Crippen LogP contribution >= 0.6 is 15.9 Å². The third kappa shape index (κ3) is 4.00. The van der Waals surface area contributed by atoms with Crippen LogP contribution in [-0.2, 0) is 6.54 Å². The topological polar surface area (TPSA) is 29.3 Å². The second-order valence-electron chi connectivity index (χ2n) is 4.53. The van der Waals surface area contributed by atoms with Crippen molar-refractivity contribution in [3.05, 3.63) is 28.2 Å². The van der Waals surface area contributed by atoms with Crippen LogP contribution in [-0.4, -0.2) is 13.1 Å². The summed E-state index contributed by atoms with van der Waals surface area (Å²) in [6.45, 7) is 9.48. The van der Waals surface area contributed by atoms with Gasteiger partial charge in [0, 0.05) is 29.8 Å². The van der Waals surface area contributed by atoms with Crippen LogP contribution in [0.4, 0.5) is 5.69 Å². The van der Waals surface area contributed by atoms with E-state index >= 15 is 0 Å². The molecule has 1 aromatic rings. The zero-order chi connectivity index (χ0) is 12.8. The molecule has 17 heavy (non-hydrogen) atoms. The maximum absolute atomic E-state index is 5.67. The normalized spacial score (nSPS) is 12.5. The molecular formula is C14H23BrN2. The van der Waals surface area contributed by atoms with E-state index in [1.54, 1.807) is 0 Å². The Kier molecular flexibility index (Phi) is 6.00. The fourth-order valence-electron chi connectivity index (χ4n) is 1.82. The number of nitrogens with zero attached hydrogens (tertiary/aromatic N) is 1. The van der Waals surface area contributed by atoms with Gasteiger partial charge in [-0.25, -0.2) is 0 Å². The van der Waals surface area contributed by atoms with Crippen LogP contribution in [0.2, 0.25) is 0 Å². The fraction of sp³-hybridized carbons (Fsp3) is 0.571. The van der Waals surface area contributed by atoms with Gasteiger partial charge in [0.25, 0.3) is 0 Å². The van der Waals surface area contributed by atoms with Crippen molar-refractivity contribution in [2.24, 2.45) is 11.7 Å². The first-order chi connectivity index (χ1) is 8.12. The van der Waals surface area contributed by atoms with Crippen molar-refractivity contribution in [2.45, 2.75) is 33.7 Å². The maximum Gasteiger partial charge on any atom is 0.0377 e. The minimum atomic E-state index is 0.582. The van der Waals surface area contributed by atoms with Crippen molar-refractivity contribution in [1.29, 1.82) is 0 Å². The highest BCUT2D eigenvalue weighted by Crippen LogP contribution is 2.24. The van der Waals surface area contributed by atoms with Crippen LogP contribution in [0.3, 0.4) is 0 Å². The Bertz CT molecular complexity index is 352. The Morgan fingerprint density at radius 2 is 2.06 bits per heavy atom. The minimum absolute atomic E-state index is 0.582. The fourth-order valence-corrected chi connectivity index (χ4v) is 2.35. The predicted octanol–water partition coefficient (Wildman–Crippen LogP) is 3.78. The Morgan fingerprint density at radius 3 is 2.53 bits per heavy atom. The summed E-state index contributed by atoms with van der Waals surface area (Å²) in [4.78, 5) is 2.42. The summed E-state index contributed by atoms with van der Waals surface area (Å²) in [5.74, 6) is 0.725. The first-order valence-electron chi connectivity index (χ1n) is 6.35. The van der Waals surface area contributed by atoms with Crippen molar-refractivity contribution < 1.29 is 0 Å². The molecule has 0 aliphatic carbocycles. The smallest absolute Gasteiger partial charge is 0.0377 e. The predicted molar refractivity (Wildman–Crippen MR) is 79.4 cm³/mol. The number of anilines is 1. The first-order valence-corrected chi connectivity index (χ1v) is 7.15.